The Morgan fingerprint density at radius 1 is 1.27 bits per heavy atom. The molecule has 1 aromatic heterocycles. The number of aromatic nitrogens is 1. The van der Waals surface area contributed by atoms with Crippen LogP contribution in [0.4, 0.5) is 11.4 Å². The van der Waals surface area contributed by atoms with E-state index < -0.39 is 0 Å². The van der Waals surface area contributed by atoms with Crippen LogP contribution in [0.25, 0.3) is 10.9 Å². The molecule has 3 aromatic rings. The number of para-hydroxylation sites is 1. The van der Waals surface area contributed by atoms with Crippen LogP contribution in [-0.2, 0) is 20.0 Å². The van der Waals surface area contributed by atoms with Crippen molar-refractivity contribution in [2.24, 2.45) is 7.05 Å². The van der Waals surface area contributed by atoms with Gasteiger partial charge in [0.1, 0.15) is 7.05 Å². The van der Waals surface area contributed by atoms with E-state index >= 15 is 0 Å². The summed E-state index contributed by atoms with van der Waals surface area (Å²) in [4.78, 5) is 10.7. The molecule has 0 amide bonds. The minimum atomic E-state index is -0.336. The molecule has 4 rings (SSSR count). The van der Waals surface area contributed by atoms with E-state index in [1.54, 1.807) is 12.1 Å². The van der Waals surface area contributed by atoms with E-state index in [1.165, 1.54) is 16.5 Å². The summed E-state index contributed by atoms with van der Waals surface area (Å²) in [7, 11) is 2.05. The standard InChI is InChI=1S/C20H21N4O2/c1-14-11-16-12-17(24(25)26)7-8-19(16)23(14)21-13-15-9-10-22(2)20-6-4-3-5-18(15)20/h3-10,12,14,21H,11,13H2,1-2H3/q+1. The summed E-state index contributed by atoms with van der Waals surface area (Å²) in [5.41, 5.74) is 8.13. The van der Waals surface area contributed by atoms with Crippen molar-refractivity contribution in [2.45, 2.75) is 25.9 Å². The number of aryl methyl sites for hydroxylation is 1. The van der Waals surface area contributed by atoms with Crippen LogP contribution < -0.4 is 15.0 Å². The first-order chi connectivity index (χ1) is 12.5. The predicted octanol–water partition coefficient (Wildman–Crippen LogP) is 3.03. The van der Waals surface area contributed by atoms with Gasteiger partial charge in [-0.3, -0.25) is 10.1 Å². The molecule has 6 heteroatoms. The molecule has 1 atom stereocenters. The van der Waals surface area contributed by atoms with Gasteiger partial charge in [-0.1, -0.05) is 12.1 Å². The lowest BCUT2D eigenvalue weighted by atomic mass is 10.1. The molecule has 132 valence electrons. The lowest BCUT2D eigenvalue weighted by Crippen LogP contribution is -2.41. The van der Waals surface area contributed by atoms with E-state index in [9.17, 15) is 10.1 Å². The number of nitro groups is 1. The Labute approximate surface area is 151 Å². The monoisotopic (exact) mass is 349 g/mol. The van der Waals surface area contributed by atoms with Gasteiger partial charge in [-0.25, -0.2) is 9.99 Å². The Bertz CT molecular complexity index is 1000. The Morgan fingerprint density at radius 2 is 2.08 bits per heavy atom. The van der Waals surface area contributed by atoms with E-state index in [-0.39, 0.29) is 16.7 Å². The normalized spacial score (nSPS) is 16.1. The molecule has 1 aliphatic heterocycles. The Kier molecular flexibility index (Phi) is 4.05. The summed E-state index contributed by atoms with van der Waals surface area (Å²) in [6.45, 7) is 2.82. The summed E-state index contributed by atoms with van der Waals surface area (Å²) in [5, 5.41) is 14.3. The molecule has 0 radical (unpaired) electrons. The van der Waals surface area contributed by atoms with Crippen molar-refractivity contribution < 1.29 is 9.49 Å². The highest BCUT2D eigenvalue weighted by Gasteiger charge is 2.27. The van der Waals surface area contributed by atoms with Gasteiger partial charge in [0.15, 0.2) is 6.20 Å². The van der Waals surface area contributed by atoms with Crippen molar-refractivity contribution in [2.75, 3.05) is 5.01 Å². The van der Waals surface area contributed by atoms with Gasteiger partial charge in [0.25, 0.3) is 5.69 Å². The average molecular weight is 349 g/mol. The summed E-state index contributed by atoms with van der Waals surface area (Å²) in [6.07, 6.45) is 2.87. The first-order valence-electron chi connectivity index (χ1n) is 8.71. The molecule has 2 aromatic carbocycles. The molecular weight excluding hydrogens is 328 g/mol. The van der Waals surface area contributed by atoms with Crippen molar-refractivity contribution in [3.63, 3.8) is 0 Å². The highest BCUT2D eigenvalue weighted by molar-refractivity contribution is 5.79. The summed E-state index contributed by atoms with van der Waals surface area (Å²) >= 11 is 0. The number of rotatable bonds is 4. The molecule has 1 N–H and O–H groups in total. The summed E-state index contributed by atoms with van der Waals surface area (Å²) in [5.74, 6) is 0. The molecule has 6 nitrogen and oxygen atoms in total. The third kappa shape index (κ3) is 2.78. The quantitative estimate of drug-likeness (QED) is 0.447. The number of nitro benzene ring substituents is 1. The highest BCUT2D eigenvalue weighted by Crippen LogP contribution is 2.33. The average Bonchev–Trinajstić information content (AvgIpc) is 2.96. The van der Waals surface area contributed by atoms with Gasteiger partial charge >= 0.3 is 0 Å². The van der Waals surface area contributed by atoms with Gasteiger partial charge in [0, 0.05) is 36.9 Å². The van der Waals surface area contributed by atoms with Crippen LogP contribution in [0.15, 0.2) is 54.7 Å². The fourth-order valence-electron chi connectivity index (χ4n) is 3.72. The molecular formula is C20H21N4O2+. The SMILES string of the molecule is CC1Cc2cc([N+](=O)[O-])ccc2N1NCc1cc[n+](C)c2ccccc12. The lowest BCUT2D eigenvalue weighted by molar-refractivity contribution is -0.644. The zero-order valence-corrected chi connectivity index (χ0v) is 14.8. The number of hydrazine groups is 1. The highest BCUT2D eigenvalue weighted by atomic mass is 16.6. The van der Waals surface area contributed by atoms with Crippen LogP contribution in [0.5, 0.6) is 0 Å². The van der Waals surface area contributed by atoms with Crippen molar-refractivity contribution in [3.05, 3.63) is 76.0 Å². The molecule has 1 aliphatic rings. The van der Waals surface area contributed by atoms with Crippen LogP contribution in [0.1, 0.15) is 18.1 Å². The van der Waals surface area contributed by atoms with E-state index in [0.717, 1.165) is 17.7 Å². The smallest absolute Gasteiger partial charge is 0.269 e. The van der Waals surface area contributed by atoms with Gasteiger partial charge in [-0.2, -0.15) is 0 Å². The van der Waals surface area contributed by atoms with E-state index in [2.05, 4.69) is 52.4 Å². The van der Waals surface area contributed by atoms with E-state index in [4.69, 9.17) is 0 Å². The van der Waals surface area contributed by atoms with Gasteiger partial charge in [0.2, 0.25) is 5.52 Å². The molecule has 0 aliphatic carbocycles. The van der Waals surface area contributed by atoms with Crippen LogP contribution in [0.2, 0.25) is 0 Å². The van der Waals surface area contributed by atoms with Crippen LogP contribution in [0, 0.1) is 10.1 Å². The summed E-state index contributed by atoms with van der Waals surface area (Å²) < 4.78 is 2.12. The molecule has 1 unspecified atom stereocenters. The van der Waals surface area contributed by atoms with E-state index in [0.29, 0.717) is 6.54 Å². The van der Waals surface area contributed by atoms with E-state index in [1.807, 2.05) is 19.2 Å². The van der Waals surface area contributed by atoms with Crippen LogP contribution in [-0.4, -0.2) is 11.0 Å². The van der Waals surface area contributed by atoms with Gasteiger partial charge in [-0.15, -0.1) is 0 Å². The lowest BCUT2D eigenvalue weighted by Gasteiger charge is -2.26. The van der Waals surface area contributed by atoms with Crippen molar-refractivity contribution in [3.8, 4) is 0 Å². The largest absolute Gasteiger partial charge is 0.305 e. The van der Waals surface area contributed by atoms with Gasteiger partial charge in [-0.05, 0) is 36.6 Å². The number of nitrogens with zero attached hydrogens (tertiary/aromatic N) is 3. The number of anilines is 1. The van der Waals surface area contributed by atoms with Crippen molar-refractivity contribution in [1.82, 2.24) is 5.43 Å². The van der Waals surface area contributed by atoms with Gasteiger partial charge < -0.3 is 5.01 Å². The maximum Gasteiger partial charge on any atom is 0.269 e. The topological polar surface area (TPSA) is 62.3 Å². The minimum absolute atomic E-state index is 0.152. The third-order valence-electron chi connectivity index (χ3n) is 5.06. The van der Waals surface area contributed by atoms with Crippen LogP contribution in [0.3, 0.4) is 0 Å². The van der Waals surface area contributed by atoms with Crippen molar-refractivity contribution >= 4 is 22.3 Å². The third-order valence-corrected chi connectivity index (χ3v) is 5.06. The molecule has 0 spiro atoms. The maximum absolute atomic E-state index is 11.0. The predicted molar refractivity (Wildman–Crippen MR) is 101 cm³/mol. The number of nitrogens with one attached hydrogen (secondary N) is 1. The molecule has 26 heavy (non-hydrogen) atoms. The number of hydrogen-bond acceptors (Lipinski definition) is 4. The second kappa shape index (κ2) is 6.38. The number of pyridine rings is 1. The second-order valence-corrected chi connectivity index (χ2v) is 6.80. The molecule has 2 heterocycles. The molecule has 0 bridgehead atoms. The fourth-order valence-corrected chi connectivity index (χ4v) is 3.72. The second-order valence-electron chi connectivity index (χ2n) is 6.80. The first kappa shape index (κ1) is 16.5. The fraction of sp³-hybridized carbons (Fsp3) is 0.250. The van der Waals surface area contributed by atoms with Gasteiger partial charge in [0.05, 0.1) is 16.0 Å². The number of benzene rings is 2. The zero-order chi connectivity index (χ0) is 18.3. The number of hydrogen-bond donors (Lipinski definition) is 1. The molecule has 0 fully saturated rings. The Morgan fingerprint density at radius 3 is 2.88 bits per heavy atom. The van der Waals surface area contributed by atoms with Crippen LogP contribution >= 0.6 is 0 Å². The minimum Gasteiger partial charge on any atom is -0.305 e. The Balaban J connectivity index is 1.60. The number of non-ortho nitro benzene ring substituents is 1. The maximum atomic E-state index is 11.0. The van der Waals surface area contributed by atoms with Crippen molar-refractivity contribution in [1.29, 1.82) is 0 Å². The Hall–Kier alpha value is -2.99. The first-order valence-corrected chi connectivity index (χ1v) is 8.71. The molecule has 0 saturated heterocycles. The molecule has 0 saturated carbocycles. The number of fused-ring (bicyclic) bond motifs is 2. The summed E-state index contributed by atoms with van der Waals surface area (Å²) in [6, 6.07) is 15.8. The zero-order valence-electron chi connectivity index (χ0n) is 14.8.